The van der Waals surface area contributed by atoms with E-state index in [2.05, 4.69) is 29.2 Å². The number of hydrogen-bond donors (Lipinski definition) is 1. The Balaban J connectivity index is 1.31. The number of anilines is 1. The van der Waals surface area contributed by atoms with Crippen molar-refractivity contribution >= 4 is 29.5 Å². The van der Waals surface area contributed by atoms with Crippen molar-refractivity contribution in [2.75, 3.05) is 44.0 Å². The molecule has 0 atom stereocenters. The Morgan fingerprint density at radius 2 is 1.67 bits per heavy atom. The second-order valence-electron chi connectivity index (χ2n) is 8.09. The monoisotopic (exact) mass is 508 g/mol. The van der Waals surface area contributed by atoms with E-state index < -0.39 is 18.6 Å². The SMILES string of the molecule is COc1ccc(OC(=O)N(CC(=O)O)Cc2ccc(OCCN3CCSc4ccccc43)cc2)cc1. The number of methoxy groups -OCH3 is 1. The molecule has 8 nitrogen and oxygen atoms in total. The number of hydrogen-bond acceptors (Lipinski definition) is 7. The van der Waals surface area contributed by atoms with Crippen LogP contribution in [-0.4, -0.2) is 61.2 Å². The summed E-state index contributed by atoms with van der Waals surface area (Å²) in [6.45, 7) is 1.91. The lowest BCUT2D eigenvalue weighted by Crippen LogP contribution is -2.37. The molecule has 188 valence electrons. The van der Waals surface area contributed by atoms with E-state index in [-0.39, 0.29) is 6.54 Å². The zero-order valence-corrected chi connectivity index (χ0v) is 20.8. The molecule has 1 heterocycles. The van der Waals surface area contributed by atoms with Crippen molar-refractivity contribution in [2.45, 2.75) is 11.4 Å². The smallest absolute Gasteiger partial charge is 0.416 e. The lowest BCUT2D eigenvalue weighted by atomic mass is 10.2. The molecule has 0 spiro atoms. The van der Waals surface area contributed by atoms with E-state index in [1.54, 1.807) is 31.4 Å². The summed E-state index contributed by atoms with van der Waals surface area (Å²) in [5.41, 5.74) is 2.00. The minimum absolute atomic E-state index is 0.0871. The van der Waals surface area contributed by atoms with Crippen LogP contribution in [0.4, 0.5) is 10.5 Å². The molecular weight excluding hydrogens is 480 g/mol. The van der Waals surface area contributed by atoms with Crippen molar-refractivity contribution < 1.29 is 28.9 Å². The lowest BCUT2D eigenvalue weighted by Gasteiger charge is -2.30. The molecular formula is C27H28N2O6S. The molecule has 36 heavy (non-hydrogen) atoms. The molecule has 0 aliphatic carbocycles. The third-order valence-corrected chi connectivity index (χ3v) is 6.64. The van der Waals surface area contributed by atoms with Gasteiger partial charge >= 0.3 is 12.1 Å². The minimum atomic E-state index is -1.13. The average molecular weight is 509 g/mol. The number of para-hydroxylation sites is 1. The molecule has 4 rings (SSSR count). The summed E-state index contributed by atoms with van der Waals surface area (Å²) >= 11 is 1.87. The van der Waals surface area contributed by atoms with Crippen molar-refractivity contribution in [3.8, 4) is 17.2 Å². The maximum Gasteiger partial charge on any atom is 0.416 e. The topological polar surface area (TPSA) is 88.5 Å². The summed E-state index contributed by atoms with van der Waals surface area (Å²) in [6, 6.07) is 22.2. The molecule has 0 saturated carbocycles. The van der Waals surface area contributed by atoms with E-state index >= 15 is 0 Å². The number of aliphatic carboxylic acids is 1. The van der Waals surface area contributed by atoms with Crippen LogP contribution in [0, 0.1) is 0 Å². The highest BCUT2D eigenvalue weighted by atomic mass is 32.2. The second kappa shape index (κ2) is 12.2. The van der Waals surface area contributed by atoms with Gasteiger partial charge in [-0.2, -0.15) is 0 Å². The predicted octanol–water partition coefficient (Wildman–Crippen LogP) is 4.77. The second-order valence-corrected chi connectivity index (χ2v) is 9.23. The molecule has 3 aromatic carbocycles. The van der Waals surface area contributed by atoms with Gasteiger partial charge in [-0.15, -0.1) is 11.8 Å². The Kier molecular flexibility index (Phi) is 8.57. The number of carbonyl (C=O) groups excluding carboxylic acids is 1. The summed E-state index contributed by atoms with van der Waals surface area (Å²) in [5.74, 6) is 1.57. The highest BCUT2D eigenvalue weighted by Gasteiger charge is 2.20. The van der Waals surface area contributed by atoms with Crippen LogP contribution in [-0.2, 0) is 11.3 Å². The first-order valence-electron chi connectivity index (χ1n) is 11.5. The van der Waals surface area contributed by atoms with Crippen molar-refractivity contribution in [3.05, 3.63) is 78.4 Å². The molecule has 0 bridgehead atoms. The number of carboxylic acid groups (broad SMARTS) is 1. The third-order valence-electron chi connectivity index (χ3n) is 5.60. The maximum absolute atomic E-state index is 12.6. The molecule has 0 saturated heterocycles. The van der Waals surface area contributed by atoms with Gasteiger partial charge in [0, 0.05) is 23.7 Å². The highest BCUT2D eigenvalue weighted by molar-refractivity contribution is 7.99. The number of fused-ring (bicyclic) bond motifs is 1. The molecule has 1 aliphatic heterocycles. The standard InChI is InChI=1S/C27H28N2O6S/c1-33-21-10-12-23(13-11-21)35-27(32)29(19-26(30)31)18-20-6-8-22(9-7-20)34-16-14-28-15-17-36-25-5-3-2-4-24(25)28/h2-13H,14-19H2,1H3,(H,30,31). The number of carbonyl (C=O) groups is 2. The van der Waals surface area contributed by atoms with Gasteiger partial charge in [0.25, 0.3) is 0 Å². The summed E-state index contributed by atoms with van der Waals surface area (Å²) in [5, 5.41) is 9.26. The quantitative estimate of drug-likeness (QED) is 0.419. The first-order chi connectivity index (χ1) is 17.5. The molecule has 3 aromatic rings. The highest BCUT2D eigenvalue weighted by Crippen LogP contribution is 2.34. The average Bonchev–Trinajstić information content (AvgIpc) is 2.89. The summed E-state index contributed by atoms with van der Waals surface area (Å²) in [7, 11) is 1.54. The van der Waals surface area contributed by atoms with E-state index in [1.165, 1.54) is 10.6 Å². The van der Waals surface area contributed by atoms with E-state index in [9.17, 15) is 14.7 Å². The van der Waals surface area contributed by atoms with Gasteiger partial charge in [0.05, 0.1) is 19.3 Å². The minimum Gasteiger partial charge on any atom is -0.497 e. The Morgan fingerprint density at radius 3 is 2.39 bits per heavy atom. The molecule has 0 aromatic heterocycles. The summed E-state index contributed by atoms with van der Waals surface area (Å²) in [4.78, 5) is 28.7. The Labute approximate surface area is 214 Å². The van der Waals surface area contributed by atoms with Gasteiger partial charge < -0.3 is 24.2 Å². The normalized spacial score (nSPS) is 12.4. The number of carboxylic acids is 1. The van der Waals surface area contributed by atoms with Crippen molar-refractivity contribution in [2.24, 2.45) is 0 Å². The first kappa shape index (κ1) is 25.2. The zero-order valence-electron chi connectivity index (χ0n) is 20.0. The third kappa shape index (κ3) is 6.85. The fraction of sp³-hybridized carbons (Fsp3) is 0.259. The van der Waals surface area contributed by atoms with Crippen LogP contribution in [0.2, 0.25) is 0 Å². The molecule has 1 N–H and O–H groups in total. The zero-order chi connectivity index (χ0) is 25.3. The fourth-order valence-electron chi connectivity index (χ4n) is 3.80. The van der Waals surface area contributed by atoms with E-state index in [0.717, 1.165) is 29.3 Å². The number of thioether (sulfide) groups is 1. The van der Waals surface area contributed by atoms with Crippen LogP contribution < -0.4 is 19.1 Å². The van der Waals surface area contributed by atoms with Crippen LogP contribution >= 0.6 is 11.8 Å². The van der Waals surface area contributed by atoms with Crippen LogP contribution in [0.5, 0.6) is 17.2 Å². The van der Waals surface area contributed by atoms with Gasteiger partial charge in [0.1, 0.15) is 30.4 Å². The fourth-order valence-corrected chi connectivity index (χ4v) is 4.85. The number of nitrogens with zero attached hydrogens (tertiary/aromatic N) is 2. The van der Waals surface area contributed by atoms with Crippen molar-refractivity contribution in [1.82, 2.24) is 4.90 Å². The van der Waals surface area contributed by atoms with Crippen LogP contribution in [0.3, 0.4) is 0 Å². The Morgan fingerprint density at radius 1 is 0.972 bits per heavy atom. The first-order valence-corrected chi connectivity index (χ1v) is 12.5. The Hall–Kier alpha value is -3.85. The van der Waals surface area contributed by atoms with Crippen LogP contribution in [0.15, 0.2) is 77.7 Å². The van der Waals surface area contributed by atoms with Crippen molar-refractivity contribution in [3.63, 3.8) is 0 Å². The number of ether oxygens (including phenoxy) is 3. The van der Waals surface area contributed by atoms with E-state index in [4.69, 9.17) is 14.2 Å². The van der Waals surface area contributed by atoms with Crippen LogP contribution in [0.25, 0.3) is 0 Å². The molecule has 9 heteroatoms. The van der Waals surface area contributed by atoms with Gasteiger partial charge in [-0.25, -0.2) is 4.79 Å². The number of benzene rings is 3. The summed E-state index contributed by atoms with van der Waals surface area (Å²) < 4.78 is 16.4. The van der Waals surface area contributed by atoms with E-state index in [1.807, 2.05) is 36.0 Å². The molecule has 0 radical (unpaired) electrons. The lowest BCUT2D eigenvalue weighted by molar-refractivity contribution is -0.138. The predicted molar refractivity (Wildman–Crippen MR) is 138 cm³/mol. The maximum atomic E-state index is 12.6. The van der Waals surface area contributed by atoms with Gasteiger partial charge in [-0.1, -0.05) is 24.3 Å². The van der Waals surface area contributed by atoms with Crippen LogP contribution in [0.1, 0.15) is 5.56 Å². The largest absolute Gasteiger partial charge is 0.497 e. The number of amides is 1. The Bertz CT molecular complexity index is 1170. The molecule has 1 aliphatic rings. The van der Waals surface area contributed by atoms with E-state index in [0.29, 0.717) is 23.9 Å². The van der Waals surface area contributed by atoms with Gasteiger partial charge in [-0.05, 0) is 54.1 Å². The molecule has 0 unspecified atom stereocenters. The molecule has 0 fully saturated rings. The molecule has 1 amide bonds. The van der Waals surface area contributed by atoms with Gasteiger partial charge in [0.2, 0.25) is 0 Å². The van der Waals surface area contributed by atoms with Gasteiger partial charge in [-0.3, -0.25) is 9.69 Å². The van der Waals surface area contributed by atoms with Crippen molar-refractivity contribution in [1.29, 1.82) is 0 Å². The number of rotatable bonds is 10. The summed E-state index contributed by atoms with van der Waals surface area (Å²) in [6.07, 6.45) is -0.747. The van der Waals surface area contributed by atoms with Gasteiger partial charge in [0.15, 0.2) is 0 Å².